The van der Waals surface area contributed by atoms with Gasteiger partial charge in [0.15, 0.2) is 0 Å². The Bertz CT molecular complexity index is 491. The second kappa shape index (κ2) is 8.25. The van der Waals surface area contributed by atoms with Crippen molar-refractivity contribution in [2.45, 2.75) is 38.7 Å². The molecular weight excluding hydrogens is 260 g/mol. The minimum Gasteiger partial charge on any atom is -0.463 e. The molecule has 2 aromatic carbocycles. The fourth-order valence-corrected chi connectivity index (χ4v) is 2.44. The highest BCUT2D eigenvalue weighted by Gasteiger charge is 2.12. The van der Waals surface area contributed by atoms with Gasteiger partial charge in [-0.25, -0.2) is 0 Å². The lowest BCUT2D eigenvalue weighted by atomic mass is 10.0. The van der Waals surface area contributed by atoms with Gasteiger partial charge in [-0.05, 0) is 36.8 Å². The Morgan fingerprint density at radius 3 is 1.67 bits per heavy atom. The second-order valence-corrected chi connectivity index (χ2v) is 5.28. The number of hydrogen-bond donors (Lipinski definition) is 0. The van der Waals surface area contributed by atoms with Gasteiger partial charge >= 0.3 is 5.97 Å². The first-order valence-corrected chi connectivity index (χ1v) is 7.49. The number of esters is 1. The molecule has 2 aromatic rings. The van der Waals surface area contributed by atoms with Crippen LogP contribution in [-0.2, 0) is 22.4 Å². The van der Waals surface area contributed by atoms with Gasteiger partial charge in [0.25, 0.3) is 0 Å². The van der Waals surface area contributed by atoms with Gasteiger partial charge in [-0.15, -0.1) is 0 Å². The summed E-state index contributed by atoms with van der Waals surface area (Å²) < 4.78 is 5.45. The number of carbonyl (C=O) groups excluding carboxylic acids is 1. The molecule has 0 aliphatic heterocycles. The van der Waals surface area contributed by atoms with Crippen LogP contribution in [0, 0.1) is 0 Å². The predicted octanol–water partition coefficient (Wildman–Crippen LogP) is 4.18. The van der Waals surface area contributed by atoms with Gasteiger partial charge < -0.3 is 4.74 Å². The monoisotopic (exact) mass is 282 g/mol. The maximum absolute atomic E-state index is 11.3. The zero-order chi connectivity index (χ0) is 14.9. The molecule has 0 aromatic heterocycles. The molecule has 0 radical (unpaired) electrons. The van der Waals surface area contributed by atoms with Crippen molar-refractivity contribution in [3.05, 3.63) is 71.8 Å². The molecule has 0 unspecified atom stereocenters. The molecule has 0 amide bonds. The van der Waals surface area contributed by atoms with Crippen molar-refractivity contribution in [3.63, 3.8) is 0 Å². The number of carbonyl (C=O) groups is 1. The first-order chi connectivity index (χ1) is 10.2. The molecule has 0 spiro atoms. The van der Waals surface area contributed by atoms with Gasteiger partial charge in [0.05, 0.1) is 0 Å². The van der Waals surface area contributed by atoms with Crippen molar-refractivity contribution in [1.82, 2.24) is 0 Å². The van der Waals surface area contributed by atoms with E-state index in [-0.39, 0.29) is 12.1 Å². The standard InChI is InChI=1S/C19H22O2/c1-16(20)21-19(14-12-17-8-4-2-5-9-17)15-13-18-10-6-3-7-11-18/h2-11,19H,12-15H2,1H3. The van der Waals surface area contributed by atoms with Gasteiger partial charge in [0, 0.05) is 6.92 Å². The van der Waals surface area contributed by atoms with Crippen LogP contribution in [0.3, 0.4) is 0 Å². The van der Waals surface area contributed by atoms with E-state index < -0.39 is 0 Å². The average Bonchev–Trinajstić information content (AvgIpc) is 2.51. The van der Waals surface area contributed by atoms with E-state index in [0.29, 0.717) is 0 Å². The minimum atomic E-state index is -0.193. The van der Waals surface area contributed by atoms with Gasteiger partial charge in [-0.3, -0.25) is 4.79 Å². The van der Waals surface area contributed by atoms with Crippen LogP contribution in [0.25, 0.3) is 0 Å². The van der Waals surface area contributed by atoms with E-state index in [2.05, 4.69) is 24.3 Å². The quantitative estimate of drug-likeness (QED) is 0.712. The smallest absolute Gasteiger partial charge is 0.302 e. The van der Waals surface area contributed by atoms with Gasteiger partial charge in [-0.2, -0.15) is 0 Å². The Kier molecular flexibility index (Phi) is 6.01. The van der Waals surface area contributed by atoms with Crippen LogP contribution in [0.5, 0.6) is 0 Å². The van der Waals surface area contributed by atoms with Crippen molar-refractivity contribution in [1.29, 1.82) is 0 Å². The summed E-state index contributed by atoms with van der Waals surface area (Å²) in [5.74, 6) is -0.193. The average molecular weight is 282 g/mol. The third-order valence-corrected chi connectivity index (χ3v) is 3.53. The van der Waals surface area contributed by atoms with Crippen LogP contribution in [0.1, 0.15) is 30.9 Å². The molecule has 0 N–H and O–H groups in total. The molecule has 0 bridgehead atoms. The third kappa shape index (κ3) is 5.82. The molecule has 0 atom stereocenters. The molecule has 0 aliphatic rings. The highest BCUT2D eigenvalue weighted by atomic mass is 16.5. The van der Waals surface area contributed by atoms with E-state index in [1.54, 1.807) is 0 Å². The molecule has 110 valence electrons. The first kappa shape index (κ1) is 15.3. The third-order valence-electron chi connectivity index (χ3n) is 3.53. The largest absolute Gasteiger partial charge is 0.463 e. The molecule has 0 aliphatic carbocycles. The summed E-state index contributed by atoms with van der Waals surface area (Å²) in [5, 5.41) is 0. The number of aryl methyl sites for hydroxylation is 2. The van der Waals surface area contributed by atoms with E-state index in [0.717, 1.165) is 25.7 Å². The van der Waals surface area contributed by atoms with Crippen LogP contribution in [-0.4, -0.2) is 12.1 Å². The molecular formula is C19H22O2. The van der Waals surface area contributed by atoms with Crippen LogP contribution in [0.4, 0.5) is 0 Å². The molecule has 21 heavy (non-hydrogen) atoms. The molecule has 2 heteroatoms. The summed E-state index contributed by atoms with van der Waals surface area (Å²) in [5.41, 5.74) is 2.57. The van der Waals surface area contributed by atoms with E-state index in [1.807, 2.05) is 36.4 Å². The highest BCUT2D eigenvalue weighted by molar-refractivity contribution is 5.66. The van der Waals surface area contributed by atoms with Crippen LogP contribution in [0.2, 0.25) is 0 Å². The number of hydrogen-bond acceptors (Lipinski definition) is 2. The lowest BCUT2D eigenvalue weighted by Gasteiger charge is -2.17. The number of rotatable bonds is 7. The zero-order valence-electron chi connectivity index (χ0n) is 12.5. The van der Waals surface area contributed by atoms with E-state index in [4.69, 9.17) is 4.74 Å². The maximum atomic E-state index is 11.3. The predicted molar refractivity (Wildman–Crippen MR) is 85.1 cm³/mol. The topological polar surface area (TPSA) is 26.3 Å². The Labute approximate surface area is 126 Å². The van der Waals surface area contributed by atoms with Gasteiger partial charge in [-0.1, -0.05) is 60.7 Å². The molecule has 0 fully saturated rings. The van der Waals surface area contributed by atoms with Gasteiger partial charge in [0.2, 0.25) is 0 Å². The lowest BCUT2D eigenvalue weighted by molar-refractivity contribution is -0.146. The van der Waals surface area contributed by atoms with Crippen molar-refractivity contribution in [2.24, 2.45) is 0 Å². The number of ether oxygens (including phenoxy) is 1. The Balaban J connectivity index is 1.87. The van der Waals surface area contributed by atoms with E-state index in [1.165, 1.54) is 18.1 Å². The van der Waals surface area contributed by atoms with Crippen molar-refractivity contribution in [2.75, 3.05) is 0 Å². The summed E-state index contributed by atoms with van der Waals surface area (Å²) in [6.07, 6.45) is 3.61. The Morgan fingerprint density at radius 1 is 0.857 bits per heavy atom. The van der Waals surface area contributed by atoms with E-state index in [9.17, 15) is 4.79 Å². The van der Waals surface area contributed by atoms with Crippen molar-refractivity contribution >= 4 is 5.97 Å². The van der Waals surface area contributed by atoms with Crippen LogP contribution in [0.15, 0.2) is 60.7 Å². The Hall–Kier alpha value is -2.09. The first-order valence-electron chi connectivity index (χ1n) is 7.49. The fraction of sp³-hybridized carbons (Fsp3) is 0.316. The second-order valence-electron chi connectivity index (χ2n) is 5.28. The summed E-state index contributed by atoms with van der Waals surface area (Å²) in [4.78, 5) is 11.3. The van der Waals surface area contributed by atoms with Crippen LogP contribution >= 0.6 is 0 Å². The summed E-state index contributed by atoms with van der Waals surface area (Å²) in [6, 6.07) is 20.7. The molecule has 2 rings (SSSR count). The van der Waals surface area contributed by atoms with E-state index >= 15 is 0 Å². The summed E-state index contributed by atoms with van der Waals surface area (Å²) in [6.45, 7) is 1.48. The fourth-order valence-electron chi connectivity index (χ4n) is 2.44. The van der Waals surface area contributed by atoms with Crippen molar-refractivity contribution in [3.8, 4) is 0 Å². The summed E-state index contributed by atoms with van der Waals surface area (Å²) >= 11 is 0. The molecule has 0 saturated heterocycles. The van der Waals surface area contributed by atoms with Crippen LogP contribution < -0.4 is 0 Å². The molecule has 0 heterocycles. The summed E-state index contributed by atoms with van der Waals surface area (Å²) in [7, 11) is 0. The minimum absolute atomic E-state index is 0.0112. The number of benzene rings is 2. The maximum Gasteiger partial charge on any atom is 0.302 e. The molecule has 0 saturated carbocycles. The van der Waals surface area contributed by atoms with Gasteiger partial charge in [0.1, 0.15) is 6.10 Å². The SMILES string of the molecule is CC(=O)OC(CCc1ccccc1)CCc1ccccc1. The Morgan fingerprint density at radius 2 is 1.29 bits per heavy atom. The zero-order valence-corrected chi connectivity index (χ0v) is 12.5. The molecule has 2 nitrogen and oxygen atoms in total. The van der Waals surface area contributed by atoms with Crippen molar-refractivity contribution < 1.29 is 9.53 Å². The lowest BCUT2D eigenvalue weighted by Crippen LogP contribution is -2.18. The highest BCUT2D eigenvalue weighted by Crippen LogP contribution is 2.14. The normalized spacial score (nSPS) is 10.6.